The molecule has 0 fully saturated rings. The molecule has 1 aromatic rings. The van der Waals surface area contributed by atoms with Gasteiger partial charge >= 0.3 is 5.97 Å². The number of hydrogen-bond donors (Lipinski definition) is 2. The molecule has 2 N–H and O–H groups in total. The minimum absolute atomic E-state index is 0.194. The zero-order valence-electron chi connectivity index (χ0n) is 9.86. The Balaban J connectivity index is 2.37. The first-order valence-corrected chi connectivity index (χ1v) is 5.55. The molecule has 0 amide bonds. The van der Waals surface area contributed by atoms with E-state index in [2.05, 4.69) is 11.4 Å². The fourth-order valence-electron chi connectivity index (χ4n) is 1.55. The number of nitrogens with one attached hydrogen (secondary N) is 1. The highest BCUT2D eigenvalue weighted by Gasteiger charge is 2.00. The summed E-state index contributed by atoms with van der Waals surface area (Å²) < 4.78 is 0. The maximum Gasteiger partial charge on any atom is 0.303 e. The predicted octanol–water partition coefficient (Wildman–Crippen LogP) is 1.82. The number of carbonyl (C=O) groups is 1. The molecular formula is C13H16N2O2. The van der Waals surface area contributed by atoms with Crippen LogP contribution in [0.2, 0.25) is 0 Å². The molecule has 0 bridgehead atoms. The molecule has 0 saturated heterocycles. The Bertz CT molecular complexity index is 436. The van der Waals surface area contributed by atoms with Gasteiger partial charge in [-0.25, -0.2) is 0 Å². The van der Waals surface area contributed by atoms with Crippen LogP contribution in [0, 0.1) is 18.3 Å². The second-order valence-corrected chi connectivity index (χ2v) is 3.93. The van der Waals surface area contributed by atoms with Crippen LogP contribution < -0.4 is 5.32 Å². The van der Waals surface area contributed by atoms with Crippen molar-refractivity contribution in [2.75, 3.05) is 6.54 Å². The molecule has 0 aliphatic carbocycles. The second kappa shape index (κ2) is 6.66. The Hall–Kier alpha value is -1.86. The van der Waals surface area contributed by atoms with Crippen molar-refractivity contribution in [3.05, 3.63) is 34.9 Å². The zero-order chi connectivity index (χ0) is 12.7. The first-order valence-electron chi connectivity index (χ1n) is 5.55. The summed E-state index contributed by atoms with van der Waals surface area (Å²) in [6.07, 6.45) is 0.823. The Morgan fingerprint density at radius 2 is 2.29 bits per heavy atom. The van der Waals surface area contributed by atoms with Gasteiger partial charge in [0.2, 0.25) is 0 Å². The number of aliphatic carboxylic acids is 1. The van der Waals surface area contributed by atoms with Crippen LogP contribution in [-0.4, -0.2) is 17.6 Å². The molecule has 0 heterocycles. The Labute approximate surface area is 101 Å². The summed E-state index contributed by atoms with van der Waals surface area (Å²) in [7, 11) is 0. The van der Waals surface area contributed by atoms with Crippen LogP contribution in [0.4, 0.5) is 0 Å². The van der Waals surface area contributed by atoms with E-state index < -0.39 is 5.97 Å². The van der Waals surface area contributed by atoms with Gasteiger partial charge in [0.25, 0.3) is 0 Å². The summed E-state index contributed by atoms with van der Waals surface area (Å²) in [5.41, 5.74) is 2.88. The predicted molar refractivity (Wildman–Crippen MR) is 64.5 cm³/mol. The average molecular weight is 232 g/mol. The third-order valence-electron chi connectivity index (χ3n) is 2.53. The van der Waals surface area contributed by atoms with E-state index in [4.69, 9.17) is 10.4 Å². The molecule has 1 rings (SSSR count). The van der Waals surface area contributed by atoms with E-state index in [9.17, 15) is 4.79 Å². The lowest BCUT2D eigenvalue weighted by atomic mass is 10.1. The normalized spacial score (nSPS) is 9.88. The smallest absolute Gasteiger partial charge is 0.303 e. The first kappa shape index (κ1) is 13.2. The van der Waals surface area contributed by atoms with Crippen LogP contribution in [0.15, 0.2) is 18.2 Å². The molecule has 0 aliphatic heterocycles. The van der Waals surface area contributed by atoms with E-state index in [1.807, 2.05) is 19.1 Å². The van der Waals surface area contributed by atoms with Gasteiger partial charge in [-0.05, 0) is 43.1 Å². The molecule has 4 nitrogen and oxygen atoms in total. The van der Waals surface area contributed by atoms with Gasteiger partial charge in [-0.2, -0.15) is 5.26 Å². The van der Waals surface area contributed by atoms with Crippen LogP contribution >= 0.6 is 0 Å². The first-order chi connectivity index (χ1) is 8.13. The highest BCUT2D eigenvalue weighted by atomic mass is 16.4. The molecule has 0 aromatic heterocycles. The van der Waals surface area contributed by atoms with E-state index in [0.29, 0.717) is 25.1 Å². The molecule has 0 aliphatic rings. The van der Waals surface area contributed by atoms with E-state index in [1.165, 1.54) is 0 Å². The van der Waals surface area contributed by atoms with Gasteiger partial charge in [0.05, 0.1) is 11.6 Å². The van der Waals surface area contributed by atoms with Gasteiger partial charge in [-0.3, -0.25) is 4.79 Å². The fourth-order valence-corrected chi connectivity index (χ4v) is 1.55. The molecule has 0 spiro atoms. The van der Waals surface area contributed by atoms with Gasteiger partial charge in [-0.1, -0.05) is 6.07 Å². The lowest BCUT2D eigenvalue weighted by Crippen LogP contribution is -2.16. The van der Waals surface area contributed by atoms with Crippen LogP contribution in [0.5, 0.6) is 0 Å². The highest BCUT2D eigenvalue weighted by Crippen LogP contribution is 2.10. The molecule has 0 unspecified atom stereocenters. The summed E-state index contributed by atoms with van der Waals surface area (Å²) in [5.74, 6) is -0.763. The summed E-state index contributed by atoms with van der Waals surface area (Å²) >= 11 is 0. The van der Waals surface area contributed by atoms with Crippen molar-refractivity contribution in [2.24, 2.45) is 0 Å². The van der Waals surface area contributed by atoms with Crippen molar-refractivity contribution in [3.63, 3.8) is 0 Å². The monoisotopic (exact) mass is 232 g/mol. The van der Waals surface area contributed by atoms with E-state index >= 15 is 0 Å². The SMILES string of the molecule is Cc1cc(C#N)ccc1CNCCCC(=O)O. The van der Waals surface area contributed by atoms with Gasteiger partial charge in [0.15, 0.2) is 0 Å². The van der Waals surface area contributed by atoms with Crippen molar-refractivity contribution in [1.29, 1.82) is 5.26 Å². The largest absolute Gasteiger partial charge is 0.481 e. The van der Waals surface area contributed by atoms with Crippen molar-refractivity contribution in [2.45, 2.75) is 26.3 Å². The Morgan fingerprint density at radius 3 is 2.88 bits per heavy atom. The number of nitriles is 1. The standard InChI is InChI=1S/C13H16N2O2/c1-10-7-11(8-14)4-5-12(10)9-15-6-2-3-13(16)17/h4-5,7,15H,2-3,6,9H2,1H3,(H,16,17). The maximum atomic E-state index is 10.3. The summed E-state index contributed by atoms with van der Waals surface area (Å²) in [6, 6.07) is 7.68. The molecule has 0 atom stereocenters. The molecule has 4 heteroatoms. The highest BCUT2D eigenvalue weighted by molar-refractivity contribution is 5.66. The number of benzene rings is 1. The lowest BCUT2D eigenvalue weighted by Gasteiger charge is -2.07. The lowest BCUT2D eigenvalue weighted by molar-refractivity contribution is -0.137. The van der Waals surface area contributed by atoms with Gasteiger partial charge in [0.1, 0.15) is 0 Å². The van der Waals surface area contributed by atoms with Crippen molar-refractivity contribution in [1.82, 2.24) is 5.32 Å². The number of nitrogens with zero attached hydrogens (tertiary/aromatic N) is 1. The molecule has 1 aromatic carbocycles. The number of carboxylic acid groups (broad SMARTS) is 1. The average Bonchev–Trinajstić information content (AvgIpc) is 2.30. The van der Waals surface area contributed by atoms with Gasteiger partial charge in [0, 0.05) is 13.0 Å². The maximum absolute atomic E-state index is 10.3. The van der Waals surface area contributed by atoms with Crippen molar-refractivity contribution in [3.8, 4) is 6.07 Å². The van der Waals surface area contributed by atoms with Crippen LogP contribution in [-0.2, 0) is 11.3 Å². The minimum Gasteiger partial charge on any atom is -0.481 e. The van der Waals surface area contributed by atoms with Crippen molar-refractivity contribution < 1.29 is 9.90 Å². The number of hydrogen-bond acceptors (Lipinski definition) is 3. The quantitative estimate of drug-likeness (QED) is 0.734. The molecule has 0 radical (unpaired) electrons. The third-order valence-corrected chi connectivity index (χ3v) is 2.53. The number of rotatable bonds is 6. The molecule has 90 valence electrons. The zero-order valence-corrected chi connectivity index (χ0v) is 9.86. The minimum atomic E-state index is -0.763. The van der Waals surface area contributed by atoms with Gasteiger partial charge in [-0.15, -0.1) is 0 Å². The van der Waals surface area contributed by atoms with Gasteiger partial charge < -0.3 is 10.4 Å². The topological polar surface area (TPSA) is 73.1 Å². The summed E-state index contributed by atoms with van der Waals surface area (Å²) in [6.45, 7) is 3.36. The molecular weight excluding hydrogens is 216 g/mol. The second-order valence-electron chi connectivity index (χ2n) is 3.93. The van der Waals surface area contributed by atoms with Crippen LogP contribution in [0.1, 0.15) is 29.5 Å². The van der Waals surface area contributed by atoms with E-state index in [-0.39, 0.29) is 6.42 Å². The molecule has 0 saturated carbocycles. The number of carboxylic acids is 1. The Morgan fingerprint density at radius 1 is 1.53 bits per heavy atom. The number of aryl methyl sites for hydroxylation is 1. The van der Waals surface area contributed by atoms with Crippen LogP contribution in [0.3, 0.4) is 0 Å². The third kappa shape index (κ3) is 4.66. The summed E-state index contributed by atoms with van der Waals surface area (Å²) in [5, 5.41) is 20.4. The van der Waals surface area contributed by atoms with Crippen LogP contribution in [0.25, 0.3) is 0 Å². The Kier molecular flexibility index (Phi) is 5.18. The van der Waals surface area contributed by atoms with Crippen molar-refractivity contribution >= 4 is 5.97 Å². The van der Waals surface area contributed by atoms with E-state index in [1.54, 1.807) is 6.07 Å². The molecule has 17 heavy (non-hydrogen) atoms. The summed E-state index contributed by atoms with van der Waals surface area (Å²) in [4.78, 5) is 10.3. The van der Waals surface area contributed by atoms with E-state index in [0.717, 1.165) is 11.1 Å². The fraction of sp³-hybridized carbons (Fsp3) is 0.385.